The fourth-order valence-electron chi connectivity index (χ4n) is 2.29. The van der Waals surface area contributed by atoms with E-state index in [0.717, 1.165) is 29.8 Å². The van der Waals surface area contributed by atoms with Crippen LogP contribution in [0.1, 0.15) is 11.3 Å². The van der Waals surface area contributed by atoms with Gasteiger partial charge in [0.25, 0.3) is 5.56 Å². The van der Waals surface area contributed by atoms with Gasteiger partial charge in [0.15, 0.2) is 0 Å². The van der Waals surface area contributed by atoms with Gasteiger partial charge in [-0.05, 0) is 7.05 Å². The normalized spacial score (nSPS) is 15.4. The van der Waals surface area contributed by atoms with Crippen molar-refractivity contribution in [3.05, 3.63) is 51.9 Å². The van der Waals surface area contributed by atoms with E-state index in [9.17, 15) is 4.79 Å². The molecule has 1 aliphatic heterocycles. The van der Waals surface area contributed by atoms with Gasteiger partial charge >= 0.3 is 0 Å². The largest absolute Gasteiger partial charge is 0.306 e. The number of likely N-dealkylation sites (N-methyl/N-ethyl adjacent to an activating group) is 1. The molecule has 92 valence electrons. The number of aromatic amines is 1. The Hall–Kier alpha value is -1.94. The average Bonchev–Trinajstić information content (AvgIpc) is 2.40. The van der Waals surface area contributed by atoms with Crippen LogP contribution < -0.4 is 5.56 Å². The van der Waals surface area contributed by atoms with Gasteiger partial charge in [-0.1, -0.05) is 30.3 Å². The van der Waals surface area contributed by atoms with Gasteiger partial charge in [-0.2, -0.15) is 0 Å². The van der Waals surface area contributed by atoms with Crippen LogP contribution >= 0.6 is 0 Å². The average molecular weight is 241 g/mol. The van der Waals surface area contributed by atoms with Crippen LogP contribution in [0.15, 0.2) is 35.1 Å². The Kier molecular flexibility index (Phi) is 2.72. The Morgan fingerprint density at radius 2 is 2.06 bits per heavy atom. The number of hydrogen-bond acceptors (Lipinski definition) is 3. The number of rotatable bonds is 1. The SMILES string of the molecule is CN1CCc2nc(-c3ccccc3)[nH]c(=O)c2C1. The standard InChI is InChI=1S/C14H15N3O/c1-17-8-7-12-11(9-17)14(18)16-13(15-12)10-5-3-2-4-6-10/h2-6H,7-9H2,1H3,(H,15,16,18). The zero-order valence-corrected chi connectivity index (χ0v) is 10.3. The zero-order valence-electron chi connectivity index (χ0n) is 10.3. The van der Waals surface area contributed by atoms with Crippen LogP contribution in [0.2, 0.25) is 0 Å². The molecule has 3 rings (SSSR count). The Morgan fingerprint density at radius 1 is 1.28 bits per heavy atom. The van der Waals surface area contributed by atoms with Gasteiger partial charge in [-0.15, -0.1) is 0 Å². The molecule has 0 saturated carbocycles. The summed E-state index contributed by atoms with van der Waals surface area (Å²) in [7, 11) is 2.02. The fourth-order valence-corrected chi connectivity index (χ4v) is 2.29. The van der Waals surface area contributed by atoms with Crippen molar-refractivity contribution in [2.45, 2.75) is 13.0 Å². The number of nitrogens with zero attached hydrogens (tertiary/aromatic N) is 2. The molecule has 1 aromatic heterocycles. The van der Waals surface area contributed by atoms with Crippen LogP contribution in [0.3, 0.4) is 0 Å². The van der Waals surface area contributed by atoms with E-state index >= 15 is 0 Å². The van der Waals surface area contributed by atoms with E-state index in [0.29, 0.717) is 12.4 Å². The van der Waals surface area contributed by atoms with Crippen LogP contribution in [0, 0.1) is 0 Å². The van der Waals surface area contributed by atoms with Gasteiger partial charge in [0.05, 0.1) is 11.3 Å². The molecule has 1 aromatic carbocycles. The molecular weight excluding hydrogens is 226 g/mol. The summed E-state index contributed by atoms with van der Waals surface area (Å²) in [5.41, 5.74) is 2.70. The van der Waals surface area contributed by atoms with Crippen LogP contribution in [0.4, 0.5) is 0 Å². The molecule has 4 nitrogen and oxygen atoms in total. The minimum Gasteiger partial charge on any atom is -0.306 e. The molecule has 0 fully saturated rings. The van der Waals surface area contributed by atoms with Crippen LogP contribution in [-0.2, 0) is 13.0 Å². The number of nitrogens with one attached hydrogen (secondary N) is 1. The third-order valence-electron chi connectivity index (χ3n) is 3.31. The van der Waals surface area contributed by atoms with Crippen LogP contribution in [-0.4, -0.2) is 28.5 Å². The van der Waals surface area contributed by atoms with E-state index in [4.69, 9.17) is 0 Å². The van der Waals surface area contributed by atoms with E-state index in [2.05, 4.69) is 14.9 Å². The van der Waals surface area contributed by atoms with Gasteiger partial charge in [0.1, 0.15) is 5.82 Å². The van der Waals surface area contributed by atoms with E-state index in [1.54, 1.807) is 0 Å². The lowest BCUT2D eigenvalue weighted by Crippen LogP contribution is -2.33. The summed E-state index contributed by atoms with van der Waals surface area (Å²) in [4.78, 5) is 21.7. The topological polar surface area (TPSA) is 49.0 Å². The summed E-state index contributed by atoms with van der Waals surface area (Å²) < 4.78 is 0. The zero-order chi connectivity index (χ0) is 12.5. The molecule has 0 bridgehead atoms. The highest BCUT2D eigenvalue weighted by atomic mass is 16.1. The molecular formula is C14H15N3O. The number of fused-ring (bicyclic) bond motifs is 1. The van der Waals surface area contributed by atoms with Crippen molar-refractivity contribution < 1.29 is 0 Å². The first kappa shape index (κ1) is 11.2. The third kappa shape index (κ3) is 1.95. The molecule has 1 aliphatic rings. The molecule has 0 amide bonds. The molecule has 0 unspecified atom stereocenters. The van der Waals surface area contributed by atoms with E-state index in [1.807, 2.05) is 37.4 Å². The summed E-state index contributed by atoms with van der Waals surface area (Å²) in [5, 5.41) is 0. The first-order valence-corrected chi connectivity index (χ1v) is 6.10. The molecule has 18 heavy (non-hydrogen) atoms. The Bertz CT molecular complexity index is 619. The van der Waals surface area contributed by atoms with Crippen molar-refractivity contribution in [3.63, 3.8) is 0 Å². The lowest BCUT2D eigenvalue weighted by atomic mass is 10.1. The van der Waals surface area contributed by atoms with Crippen molar-refractivity contribution >= 4 is 0 Å². The maximum Gasteiger partial charge on any atom is 0.255 e. The van der Waals surface area contributed by atoms with Gasteiger partial charge < -0.3 is 9.88 Å². The number of aromatic nitrogens is 2. The van der Waals surface area contributed by atoms with Crippen molar-refractivity contribution in [2.24, 2.45) is 0 Å². The number of benzene rings is 1. The monoisotopic (exact) mass is 241 g/mol. The molecule has 0 radical (unpaired) electrons. The molecule has 2 aromatic rings. The summed E-state index contributed by atoms with van der Waals surface area (Å²) in [5.74, 6) is 0.670. The Balaban J connectivity index is 2.10. The van der Waals surface area contributed by atoms with Crippen molar-refractivity contribution in [1.29, 1.82) is 0 Å². The predicted molar refractivity (Wildman–Crippen MR) is 70.3 cm³/mol. The van der Waals surface area contributed by atoms with Crippen LogP contribution in [0.5, 0.6) is 0 Å². The quantitative estimate of drug-likeness (QED) is 0.821. The van der Waals surface area contributed by atoms with E-state index in [-0.39, 0.29) is 5.56 Å². The second-order valence-corrected chi connectivity index (χ2v) is 4.69. The van der Waals surface area contributed by atoms with Crippen LogP contribution in [0.25, 0.3) is 11.4 Å². The first-order chi connectivity index (χ1) is 8.74. The second kappa shape index (κ2) is 4.38. The highest BCUT2D eigenvalue weighted by Gasteiger charge is 2.18. The number of H-pyrrole nitrogens is 1. The first-order valence-electron chi connectivity index (χ1n) is 6.10. The maximum atomic E-state index is 12.1. The predicted octanol–water partition coefficient (Wildman–Crippen LogP) is 1.42. The summed E-state index contributed by atoms with van der Waals surface area (Å²) in [6, 6.07) is 9.76. The van der Waals surface area contributed by atoms with Gasteiger partial charge in [-0.3, -0.25) is 4.79 Å². The Morgan fingerprint density at radius 3 is 2.83 bits per heavy atom. The highest BCUT2D eigenvalue weighted by Crippen LogP contribution is 2.17. The van der Waals surface area contributed by atoms with Crippen molar-refractivity contribution in [2.75, 3.05) is 13.6 Å². The third-order valence-corrected chi connectivity index (χ3v) is 3.31. The van der Waals surface area contributed by atoms with Crippen molar-refractivity contribution in [1.82, 2.24) is 14.9 Å². The lowest BCUT2D eigenvalue weighted by molar-refractivity contribution is 0.307. The summed E-state index contributed by atoms with van der Waals surface area (Å²) in [6.45, 7) is 1.64. The molecule has 0 spiro atoms. The molecule has 0 atom stereocenters. The van der Waals surface area contributed by atoms with Gasteiger partial charge in [-0.25, -0.2) is 4.98 Å². The molecule has 4 heteroatoms. The summed E-state index contributed by atoms with van der Waals surface area (Å²) >= 11 is 0. The smallest absolute Gasteiger partial charge is 0.255 e. The lowest BCUT2D eigenvalue weighted by Gasteiger charge is -2.23. The van der Waals surface area contributed by atoms with Crippen molar-refractivity contribution in [3.8, 4) is 11.4 Å². The minimum atomic E-state index is -0.00889. The second-order valence-electron chi connectivity index (χ2n) is 4.69. The number of hydrogen-bond donors (Lipinski definition) is 1. The van der Waals surface area contributed by atoms with Gasteiger partial charge in [0, 0.05) is 25.1 Å². The summed E-state index contributed by atoms with van der Waals surface area (Å²) in [6.07, 6.45) is 0.843. The molecule has 0 saturated heterocycles. The minimum absolute atomic E-state index is 0.00889. The highest BCUT2D eigenvalue weighted by molar-refractivity contribution is 5.54. The molecule has 1 N–H and O–H groups in total. The maximum absolute atomic E-state index is 12.1. The molecule has 0 aliphatic carbocycles. The fraction of sp³-hybridized carbons (Fsp3) is 0.286. The van der Waals surface area contributed by atoms with E-state index in [1.165, 1.54) is 0 Å². The molecule has 2 heterocycles. The Labute approximate surface area is 105 Å². The van der Waals surface area contributed by atoms with E-state index < -0.39 is 0 Å². The van der Waals surface area contributed by atoms with Gasteiger partial charge in [0.2, 0.25) is 0 Å².